The molecule has 0 fully saturated rings. The zero-order valence-corrected chi connectivity index (χ0v) is 15.2. The second kappa shape index (κ2) is 20.4. The van der Waals surface area contributed by atoms with E-state index < -0.39 is 0 Å². The first-order valence-electron chi connectivity index (χ1n) is 9.92. The van der Waals surface area contributed by atoms with Gasteiger partial charge < -0.3 is 5.73 Å². The van der Waals surface area contributed by atoms with Crippen molar-refractivity contribution in [3.05, 3.63) is 24.3 Å². The molecule has 0 aromatic carbocycles. The molecule has 0 unspecified atom stereocenters. The lowest BCUT2D eigenvalue weighted by Crippen LogP contribution is -1.97. The Bertz CT molecular complexity index is 242. The summed E-state index contributed by atoms with van der Waals surface area (Å²) in [6.07, 6.45) is 29.4. The Labute approximate surface area is 140 Å². The molecular formula is C21H41N. The van der Waals surface area contributed by atoms with E-state index >= 15 is 0 Å². The Morgan fingerprint density at radius 1 is 0.545 bits per heavy atom. The highest BCUT2D eigenvalue weighted by Gasteiger charge is 1.91. The van der Waals surface area contributed by atoms with Crippen LogP contribution in [-0.2, 0) is 0 Å². The van der Waals surface area contributed by atoms with Gasteiger partial charge in [-0.2, -0.15) is 0 Å². The van der Waals surface area contributed by atoms with Crippen molar-refractivity contribution in [2.24, 2.45) is 5.73 Å². The van der Waals surface area contributed by atoms with Gasteiger partial charge in [-0.25, -0.2) is 0 Å². The predicted octanol–water partition coefficient (Wildman–Crippen LogP) is 6.93. The summed E-state index contributed by atoms with van der Waals surface area (Å²) in [5, 5.41) is 0. The molecule has 0 radical (unpaired) electrons. The zero-order valence-electron chi connectivity index (χ0n) is 15.2. The molecule has 22 heavy (non-hydrogen) atoms. The highest BCUT2D eigenvalue weighted by Crippen LogP contribution is 2.10. The molecule has 0 amide bonds. The van der Waals surface area contributed by atoms with E-state index in [4.69, 9.17) is 5.73 Å². The van der Waals surface area contributed by atoms with E-state index in [0.29, 0.717) is 0 Å². The Balaban J connectivity index is 3.11. The van der Waals surface area contributed by atoms with E-state index in [-0.39, 0.29) is 0 Å². The predicted molar refractivity (Wildman–Crippen MR) is 102 cm³/mol. The molecule has 0 heterocycles. The van der Waals surface area contributed by atoms with Crippen molar-refractivity contribution in [3.8, 4) is 0 Å². The summed E-state index contributed by atoms with van der Waals surface area (Å²) in [5.74, 6) is 0. The molecule has 1 nitrogen and oxygen atoms in total. The zero-order chi connectivity index (χ0) is 16.1. The fourth-order valence-electron chi connectivity index (χ4n) is 2.66. The normalized spacial score (nSPS) is 11.9. The van der Waals surface area contributed by atoms with Gasteiger partial charge in [0.25, 0.3) is 0 Å². The summed E-state index contributed by atoms with van der Waals surface area (Å²) in [6.45, 7) is 3.12. The summed E-state index contributed by atoms with van der Waals surface area (Å²) >= 11 is 0. The van der Waals surface area contributed by atoms with E-state index in [1.807, 2.05) is 0 Å². The molecular weight excluding hydrogens is 266 g/mol. The lowest BCUT2D eigenvalue weighted by molar-refractivity contribution is 0.562. The van der Waals surface area contributed by atoms with Gasteiger partial charge in [0.15, 0.2) is 0 Å². The van der Waals surface area contributed by atoms with Crippen molar-refractivity contribution in [2.45, 2.75) is 103 Å². The molecule has 2 N–H and O–H groups in total. The van der Waals surface area contributed by atoms with Gasteiger partial charge in [-0.05, 0) is 45.1 Å². The van der Waals surface area contributed by atoms with Crippen LogP contribution in [0.5, 0.6) is 0 Å². The molecule has 0 aromatic rings. The molecule has 0 aliphatic carbocycles. The molecule has 0 aliphatic heterocycles. The summed E-state index contributed by atoms with van der Waals surface area (Å²) in [6, 6.07) is 0. The van der Waals surface area contributed by atoms with Crippen LogP contribution >= 0.6 is 0 Å². The third kappa shape index (κ3) is 19.4. The van der Waals surface area contributed by atoms with Crippen LogP contribution in [-0.4, -0.2) is 6.54 Å². The van der Waals surface area contributed by atoms with E-state index in [2.05, 4.69) is 31.2 Å². The Hall–Kier alpha value is -0.560. The second-order valence-electron chi connectivity index (χ2n) is 6.43. The van der Waals surface area contributed by atoms with Gasteiger partial charge in [-0.1, -0.05) is 89.0 Å². The lowest BCUT2D eigenvalue weighted by atomic mass is 10.1. The Morgan fingerprint density at radius 2 is 1.00 bits per heavy atom. The van der Waals surface area contributed by atoms with Gasteiger partial charge >= 0.3 is 0 Å². The largest absolute Gasteiger partial charge is 0.330 e. The van der Waals surface area contributed by atoms with Crippen molar-refractivity contribution in [3.63, 3.8) is 0 Å². The fourth-order valence-corrected chi connectivity index (χ4v) is 2.66. The molecule has 1 heteroatoms. The Kier molecular flexibility index (Phi) is 19.9. The highest BCUT2D eigenvalue weighted by molar-refractivity contribution is 4.92. The van der Waals surface area contributed by atoms with Crippen LogP contribution in [0, 0.1) is 0 Å². The number of hydrogen-bond donors (Lipinski definition) is 1. The van der Waals surface area contributed by atoms with Crippen molar-refractivity contribution < 1.29 is 0 Å². The first-order valence-corrected chi connectivity index (χ1v) is 9.92. The summed E-state index contributed by atoms with van der Waals surface area (Å²) in [7, 11) is 0. The van der Waals surface area contributed by atoms with Gasteiger partial charge in [-0.3, -0.25) is 0 Å². The van der Waals surface area contributed by atoms with Crippen LogP contribution in [0.4, 0.5) is 0 Å². The lowest BCUT2D eigenvalue weighted by Gasteiger charge is -2.01. The van der Waals surface area contributed by atoms with Crippen LogP contribution in [0.1, 0.15) is 103 Å². The van der Waals surface area contributed by atoms with Gasteiger partial charge in [0.05, 0.1) is 0 Å². The molecule has 0 aromatic heterocycles. The number of nitrogens with two attached hydrogens (primary N) is 1. The average molecular weight is 308 g/mol. The van der Waals surface area contributed by atoms with Crippen LogP contribution < -0.4 is 5.73 Å². The summed E-state index contributed by atoms with van der Waals surface area (Å²) in [4.78, 5) is 0. The molecule has 0 saturated heterocycles. The average Bonchev–Trinajstić information content (AvgIpc) is 2.54. The minimum atomic E-state index is 0.863. The molecule has 130 valence electrons. The summed E-state index contributed by atoms with van der Waals surface area (Å²) in [5.41, 5.74) is 5.49. The SMILES string of the molecule is CCCCCC=CCC=CCCCCCCCCCCCN. The van der Waals surface area contributed by atoms with E-state index in [1.54, 1.807) is 0 Å². The highest BCUT2D eigenvalue weighted by atomic mass is 14.5. The van der Waals surface area contributed by atoms with Crippen LogP contribution in [0.25, 0.3) is 0 Å². The Morgan fingerprint density at radius 3 is 1.50 bits per heavy atom. The van der Waals surface area contributed by atoms with Gasteiger partial charge in [0.2, 0.25) is 0 Å². The van der Waals surface area contributed by atoms with Crippen molar-refractivity contribution in [1.29, 1.82) is 0 Å². The maximum absolute atomic E-state index is 5.49. The molecule has 0 aliphatic rings. The van der Waals surface area contributed by atoms with Gasteiger partial charge in [-0.15, -0.1) is 0 Å². The van der Waals surface area contributed by atoms with Crippen LogP contribution in [0.3, 0.4) is 0 Å². The van der Waals surface area contributed by atoms with Crippen molar-refractivity contribution >= 4 is 0 Å². The molecule has 0 bridgehead atoms. The third-order valence-corrected chi connectivity index (χ3v) is 4.15. The molecule has 0 rings (SSSR count). The first-order chi connectivity index (χ1) is 10.9. The van der Waals surface area contributed by atoms with Gasteiger partial charge in [0, 0.05) is 0 Å². The first kappa shape index (κ1) is 21.4. The third-order valence-electron chi connectivity index (χ3n) is 4.15. The number of unbranched alkanes of at least 4 members (excludes halogenated alkanes) is 12. The second-order valence-corrected chi connectivity index (χ2v) is 6.43. The standard InChI is InChI=1S/C21H41N/c1-2-3-4-5-6-7-8-9-10-11-12-13-14-15-16-17-18-19-20-21-22/h6-7,9-10H,2-5,8,11-22H2,1H3. The monoisotopic (exact) mass is 307 g/mol. The summed E-state index contributed by atoms with van der Waals surface area (Å²) < 4.78 is 0. The van der Waals surface area contributed by atoms with E-state index in [9.17, 15) is 0 Å². The van der Waals surface area contributed by atoms with E-state index in [1.165, 1.54) is 89.9 Å². The number of allylic oxidation sites excluding steroid dienone is 4. The van der Waals surface area contributed by atoms with Gasteiger partial charge in [0.1, 0.15) is 0 Å². The number of hydrogen-bond acceptors (Lipinski definition) is 1. The van der Waals surface area contributed by atoms with Crippen molar-refractivity contribution in [2.75, 3.05) is 6.54 Å². The smallest absolute Gasteiger partial charge is 0.00773 e. The minimum absolute atomic E-state index is 0.863. The quantitative estimate of drug-likeness (QED) is 0.229. The maximum Gasteiger partial charge on any atom is -0.00773 e. The topological polar surface area (TPSA) is 26.0 Å². The van der Waals surface area contributed by atoms with Crippen LogP contribution in [0.15, 0.2) is 24.3 Å². The van der Waals surface area contributed by atoms with Crippen LogP contribution in [0.2, 0.25) is 0 Å². The van der Waals surface area contributed by atoms with Crippen molar-refractivity contribution in [1.82, 2.24) is 0 Å². The number of rotatable bonds is 17. The molecule has 0 saturated carbocycles. The maximum atomic E-state index is 5.49. The molecule has 0 atom stereocenters. The fraction of sp³-hybridized carbons (Fsp3) is 0.810. The van der Waals surface area contributed by atoms with E-state index in [0.717, 1.165) is 13.0 Å². The molecule has 0 spiro atoms. The minimum Gasteiger partial charge on any atom is -0.330 e.